The number of hydrogen-bond donors (Lipinski definition) is 4. The average molecular weight is 280 g/mol. The van der Waals surface area contributed by atoms with Crippen molar-refractivity contribution in [3.63, 3.8) is 0 Å². The number of aliphatic hydroxyl groups excluding tert-OH is 1. The molecule has 1 aromatic rings. The van der Waals surface area contributed by atoms with Gasteiger partial charge in [0.05, 0.1) is 6.61 Å². The van der Waals surface area contributed by atoms with Gasteiger partial charge in [-0.3, -0.25) is 4.79 Å². The molecule has 0 unspecified atom stereocenters. The molecule has 0 saturated carbocycles. The predicted octanol–water partition coefficient (Wildman–Crippen LogP) is 0.885. The SMILES string of the molecule is O=C(O)NCCCNC(=O)CCc1ccc(CO)cc1. The number of carboxylic acid groups (broad SMARTS) is 1. The zero-order valence-electron chi connectivity index (χ0n) is 11.3. The molecule has 6 heteroatoms. The fourth-order valence-corrected chi connectivity index (χ4v) is 1.67. The number of aryl methyl sites for hydroxylation is 1. The number of amides is 2. The summed E-state index contributed by atoms with van der Waals surface area (Å²) in [5.41, 5.74) is 1.90. The molecule has 0 fully saturated rings. The molecule has 0 saturated heterocycles. The van der Waals surface area contributed by atoms with Crippen molar-refractivity contribution in [3.05, 3.63) is 35.4 Å². The molecule has 0 atom stereocenters. The van der Waals surface area contributed by atoms with Crippen LogP contribution in [0.1, 0.15) is 24.0 Å². The molecule has 0 radical (unpaired) electrons. The lowest BCUT2D eigenvalue weighted by atomic mass is 10.1. The second-order valence-electron chi connectivity index (χ2n) is 4.41. The predicted molar refractivity (Wildman–Crippen MR) is 74.3 cm³/mol. The molecule has 0 heterocycles. The molecule has 6 nitrogen and oxygen atoms in total. The number of aliphatic hydroxyl groups is 1. The second kappa shape index (κ2) is 8.92. The maximum absolute atomic E-state index is 11.5. The highest BCUT2D eigenvalue weighted by Gasteiger charge is 2.02. The molecule has 0 spiro atoms. The van der Waals surface area contributed by atoms with Crippen molar-refractivity contribution in [2.45, 2.75) is 25.9 Å². The molecular formula is C14H20N2O4. The number of carbonyl (C=O) groups is 2. The van der Waals surface area contributed by atoms with Crippen molar-refractivity contribution in [2.24, 2.45) is 0 Å². The molecule has 1 aromatic carbocycles. The van der Waals surface area contributed by atoms with Gasteiger partial charge in [-0.2, -0.15) is 0 Å². The van der Waals surface area contributed by atoms with E-state index in [0.29, 0.717) is 32.4 Å². The van der Waals surface area contributed by atoms with Gasteiger partial charge < -0.3 is 20.8 Å². The Hall–Kier alpha value is -2.08. The third-order valence-electron chi connectivity index (χ3n) is 2.80. The van der Waals surface area contributed by atoms with Gasteiger partial charge in [-0.25, -0.2) is 4.79 Å². The maximum atomic E-state index is 11.5. The molecule has 0 aliphatic heterocycles. The number of rotatable bonds is 8. The van der Waals surface area contributed by atoms with Crippen molar-refractivity contribution in [2.75, 3.05) is 13.1 Å². The third kappa shape index (κ3) is 6.75. The summed E-state index contributed by atoms with van der Waals surface area (Å²) in [5.74, 6) is -0.0495. The first kappa shape index (κ1) is 16.0. The average Bonchev–Trinajstić information content (AvgIpc) is 2.45. The summed E-state index contributed by atoms with van der Waals surface area (Å²) >= 11 is 0. The maximum Gasteiger partial charge on any atom is 0.404 e. The molecule has 0 aliphatic carbocycles. The summed E-state index contributed by atoms with van der Waals surface area (Å²) in [5, 5.41) is 22.2. The largest absolute Gasteiger partial charge is 0.465 e. The van der Waals surface area contributed by atoms with Gasteiger partial charge in [-0.15, -0.1) is 0 Å². The number of benzene rings is 1. The fraction of sp³-hybridized carbons (Fsp3) is 0.429. The third-order valence-corrected chi connectivity index (χ3v) is 2.80. The normalized spacial score (nSPS) is 10.1. The molecule has 20 heavy (non-hydrogen) atoms. The topological polar surface area (TPSA) is 98.7 Å². The molecule has 0 aliphatic rings. The summed E-state index contributed by atoms with van der Waals surface area (Å²) in [4.78, 5) is 21.7. The van der Waals surface area contributed by atoms with Crippen molar-refractivity contribution < 1.29 is 19.8 Å². The summed E-state index contributed by atoms with van der Waals surface area (Å²) in [6.07, 6.45) is 0.557. The molecule has 1 rings (SSSR count). The Morgan fingerprint density at radius 1 is 1.00 bits per heavy atom. The van der Waals surface area contributed by atoms with Gasteiger partial charge in [0.1, 0.15) is 0 Å². The Kier molecular flexibility index (Phi) is 7.13. The number of nitrogens with one attached hydrogen (secondary N) is 2. The lowest BCUT2D eigenvalue weighted by molar-refractivity contribution is -0.121. The highest BCUT2D eigenvalue weighted by Crippen LogP contribution is 2.06. The molecule has 0 aromatic heterocycles. The fourth-order valence-electron chi connectivity index (χ4n) is 1.67. The summed E-state index contributed by atoms with van der Waals surface area (Å²) < 4.78 is 0. The van der Waals surface area contributed by atoms with Crippen LogP contribution in [0.25, 0.3) is 0 Å². The van der Waals surface area contributed by atoms with Gasteiger partial charge in [-0.05, 0) is 24.0 Å². The van der Waals surface area contributed by atoms with Crippen LogP contribution in [0.5, 0.6) is 0 Å². The second-order valence-corrected chi connectivity index (χ2v) is 4.41. The minimum absolute atomic E-state index is 0.0190. The summed E-state index contributed by atoms with van der Waals surface area (Å²) in [6, 6.07) is 7.47. The van der Waals surface area contributed by atoms with Crippen LogP contribution in [0.15, 0.2) is 24.3 Å². The van der Waals surface area contributed by atoms with Gasteiger partial charge >= 0.3 is 6.09 Å². The van der Waals surface area contributed by atoms with Crippen LogP contribution < -0.4 is 10.6 Å². The summed E-state index contributed by atoms with van der Waals surface area (Å²) in [7, 11) is 0. The first-order valence-corrected chi connectivity index (χ1v) is 6.54. The van der Waals surface area contributed by atoms with E-state index in [9.17, 15) is 9.59 Å². The Morgan fingerprint density at radius 3 is 2.20 bits per heavy atom. The van der Waals surface area contributed by atoms with E-state index in [1.807, 2.05) is 24.3 Å². The molecule has 110 valence electrons. The van der Waals surface area contributed by atoms with E-state index in [4.69, 9.17) is 10.2 Å². The Labute approximate surface area is 117 Å². The van der Waals surface area contributed by atoms with Crippen LogP contribution in [-0.4, -0.2) is 35.3 Å². The first-order chi connectivity index (χ1) is 9.61. The van der Waals surface area contributed by atoms with Crippen LogP contribution in [-0.2, 0) is 17.8 Å². The van der Waals surface area contributed by atoms with Crippen LogP contribution >= 0.6 is 0 Å². The molecule has 2 amide bonds. The zero-order valence-corrected chi connectivity index (χ0v) is 11.3. The van der Waals surface area contributed by atoms with E-state index in [1.54, 1.807) is 0 Å². The Balaban J connectivity index is 2.14. The van der Waals surface area contributed by atoms with Crippen molar-refractivity contribution in [1.29, 1.82) is 0 Å². The van der Waals surface area contributed by atoms with Crippen LogP contribution in [0, 0.1) is 0 Å². The van der Waals surface area contributed by atoms with Crippen molar-refractivity contribution in [3.8, 4) is 0 Å². The van der Waals surface area contributed by atoms with E-state index in [2.05, 4.69) is 10.6 Å². The van der Waals surface area contributed by atoms with Crippen LogP contribution in [0.3, 0.4) is 0 Å². The molecule has 4 N–H and O–H groups in total. The van der Waals surface area contributed by atoms with Crippen LogP contribution in [0.2, 0.25) is 0 Å². The van der Waals surface area contributed by atoms with Gasteiger partial charge in [0.2, 0.25) is 5.91 Å². The number of carbonyl (C=O) groups excluding carboxylic acids is 1. The van der Waals surface area contributed by atoms with E-state index in [1.165, 1.54) is 0 Å². The molecular weight excluding hydrogens is 260 g/mol. The Morgan fingerprint density at radius 2 is 1.60 bits per heavy atom. The molecule has 0 bridgehead atoms. The quantitative estimate of drug-likeness (QED) is 0.531. The van der Waals surface area contributed by atoms with E-state index < -0.39 is 6.09 Å². The Bertz CT molecular complexity index is 431. The van der Waals surface area contributed by atoms with Crippen molar-refractivity contribution >= 4 is 12.0 Å². The van der Waals surface area contributed by atoms with Crippen molar-refractivity contribution in [1.82, 2.24) is 10.6 Å². The van der Waals surface area contributed by atoms with Gasteiger partial charge in [0.25, 0.3) is 0 Å². The van der Waals surface area contributed by atoms with E-state index in [0.717, 1.165) is 11.1 Å². The van der Waals surface area contributed by atoms with Gasteiger partial charge in [0, 0.05) is 19.5 Å². The van der Waals surface area contributed by atoms with E-state index >= 15 is 0 Å². The highest BCUT2D eigenvalue weighted by molar-refractivity contribution is 5.76. The van der Waals surface area contributed by atoms with Crippen LogP contribution in [0.4, 0.5) is 4.79 Å². The lowest BCUT2D eigenvalue weighted by Gasteiger charge is -2.06. The minimum atomic E-state index is -1.05. The zero-order chi connectivity index (χ0) is 14.8. The van der Waals surface area contributed by atoms with Gasteiger partial charge in [0.15, 0.2) is 0 Å². The summed E-state index contributed by atoms with van der Waals surface area (Å²) in [6.45, 7) is 0.811. The lowest BCUT2D eigenvalue weighted by Crippen LogP contribution is -2.29. The standard InChI is InChI=1S/C14H20N2O4/c17-10-12-4-2-11(3-5-12)6-7-13(18)15-8-1-9-16-14(19)20/h2-5,16-17H,1,6-10H2,(H,15,18)(H,19,20). The van der Waals surface area contributed by atoms with Gasteiger partial charge in [-0.1, -0.05) is 24.3 Å². The smallest absolute Gasteiger partial charge is 0.404 e. The number of hydrogen-bond acceptors (Lipinski definition) is 3. The minimum Gasteiger partial charge on any atom is -0.465 e. The first-order valence-electron chi connectivity index (χ1n) is 6.54. The highest BCUT2D eigenvalue weighted by atomic mass is 16.4. The monoisotopic (exact) mass is 280 g/mol. The van der Waals surface area contributed by atoms with E-state index in [-0.39, 0.29) is 12.5 Å².